The number of carbonyl (C=O) groups excluding carboxylic acids is 2. The molecule has 0 radical (unpaired) electrons. The van der Waals surface area contributed by atoms with E-state index in [1.165, 1.54) is 0 Å². The average Bonchev–Trinajstić information content (AvgIpc) is 3.66. The number of hydrogen-bond acceptors (Lipinski definition) is 6. The summed E-state index contributed by atoms with van der Waals surface area (Å²) in [6.45, 7) is 2.61. The van der Waals surface area contributed by atoms with E-state index in [2.05, 4.69) is 15.6 Å². The number of rotatable bonds is 12. The van der Waals surface area contributed by atoms with Crippen molar-refractivity contribution in [2.45, 2.75) is 38.0 Å². The average molecular weight is 628 g/mol. The Morgan fingerprint density at radius 1 is 0.936 bits per heavy atom. The first-order valence-corrected chi connectivity index (χ1v) is 15.7. The number of carbonyl (C=O) groups is 2. The second-order valence-corrected chi connectivity index (χ2v) is 11.7. The lowest BCUT2D eigenvalue weighted by Crippen LogP contribution is -2.44. The number of nitrogens with one attached hydrogen (secondary N) is 1. The third-order valence-corrected chi connectivity index (χ3v) is 8.67. The molecule has 1 unspecified atom stereocenters. The van der Waals surface area contributed by atoms with Gasteiger partial charge in [0.15, 0.2) is 5.60 Å². The summed E-state index contributed by atoms with van der Waals surface area (Å²) in [6, 6.07) is 33.4. The number of allylic oxidation sites excluding steroid dienone is 1. The number of amides is 2. The van der Waals surface area contributed by atoms with Crippen LogP contribution in [0.25, 0.3) is 0 Å². The highest BCUT2D eigenvalue weighted by Gasteiger charge is 2.52. The van der Waals surface area contributed by atoms with Crippen molar-refractivity contribution in [2.75, 3.05) is 16.8 Å². The van der Waals surface area contributed by atoms with Crippen LogP contribution in [0.3, 0.4) is 0 Å². The van der Waals surface area contributed by atoms with Gasteiger partial charge in [0.2, 0.25) is 0 Å². The number of benzene rings is 4. The van der Waals surface area contributed by atoms with Gasteiger partial charge in [-0.05, 0) is 47.9 Å². The maximum atomic E-state index is 13.9. The molecule has 2 amide bonds. The van der Waals surface area contributed by atoms with Gasteiger partial charge in [-0.15, -0.1) is 5.10 Å². The quantitative estimate of drug-likeness (QED) is 0.153. The molecule has 0 saturated carbocycles. The van der Waals surface area contributed by atoms with E-state index in [4.69, 9.17) is 0 Å². The summed E-state index contributed by atoms with van der Waals surface area (Å²) in [4.78, 5) is 28.1. The molecule has 5 aromatic rings. The Morgan fingerprint density at radius 3 is 2.34 bits per heavy atom. The first-order chi connectivity index (χ1) is 22.9. The van der Waals surface area contributed by atoms with Crippen LogP contribution in [-0.4, -0.2) is 43.6 Å². The number of aliphatic hydroxyl groups is 2. The molecule has 238 valence electrons. The van der Waals surface area contributed by atoms with Gasteiger partial charge in [-0.1, -0.05) is 103 Å². The van der Waals surface area contributed by atoms with E-state index >= 15 is 0 Å². The van der Waals surface area contributed by atoms with Crippen molar-refractivity contribution < 1.29 is 19.8 Å². The maximum absolute atomic E-state index is 13.9. The zero-order valence-electron chi connectivity index (χ0n) is 26.1. The molecule has 0 fully saturated rings. The van der Waals surface area contributed by atoms with E-state index in [-0.39, 0.29) is 30.9 Å². The summed E-state index contributed by atoms with van der Waals surface area (Å²) < 4.78 is 1.74. The Hall–Kier alpha value is -5.38. The van der Waals surface area contributed by atoms with Crippen molar-refractivity contribution in [3.8, 4) is 0 Å². The number of aryl methyl sites for hydroxylation is 1. The lowest BCUT2D eigenvalue weighted by Gasteiger charge is -2.27. The Kier molecular flexibility index (Phi) is 9.37. The normalized spacial score (nSPS) is 17.1. The zero-order valence-corrected chi connectivity index (χ0v) is 26.1. The Balaban J connectivity index is 1.10. The number of nitrogens with zero attached hydrogens (tertiary/aromatic N) is 4. The highest BCUT2D eigenvalue weighted by molar-refractivity contribution is 6.07. The lowest BCUT2D eigenvalue weighted by atomic mass is 9.83. The zero-order chi connectivity index (χ0) is 32.8. The molecule has 3 N–H and O–H groups in total. The summed E-state index contributed by atoms with van der Waals surface area (Å²) in [5.41, 5.74) is 3.29. The molecule has 0 aliphatic carbocycles. The number of fused-ring (bicyclic) bond motifs is 1. The molecule has 9 heteroatoms. The number of aliphatic hydroxyl groups excluding tert-OH is 1. The molecule has 0 spiro atoms. The summed E-state index contributed by atoms with van der Waals surface area (Å²) >= 11 is 0. The lowest BCUT2D eigenvalue weighted by molar-refractivity contribution is -0.139. The van der Waals surface area contributed by atoms with Crippen LogP contribution in [0.5, 0.6) is 0 Å². The summed E-state index contributed by atoms with van der Waals surface area (Å²) in [5, 5.41) is 33.3. The van der Waals surface area contributed by atoms with Crippen molar-refractivity contribution >= 4 is 23.2 Å². The summed E-state index contributed by atoms with van der Waals surface area (Å²) in [7, 11) is 0. The molecule has 1 aliphatic rings. The first kappa shape index (κ1) is 31.6. The van der Waals surface area contributed by atoms with Crippen LogP contribution in [0.15, 0.2) is 128 Å². The minimum absolute atomic E-state index is 0.0660. The van der Waals surface area contributed by atoms with E-state index < -0.39 is 11.5 Å². The van der Waals surface area contributed by atoms with Gasteiger partial charge in [0.05, 0.1) is 30.5 Å². The number of hydrogen-bond donors (Lipinski definition) is 3. The van der Waals surface area contributed by atoms with Crippen LogP contribution in [0.2, 0.25) is 0 Å². The second kappa shape index (κ2) is 13.9. The number of para-hydroxylation sites is 1. The monoisotopic (exact) mass is 627 g/mol. The van der Waals surface area contributed by atoms with Gasteiger partial charge in [-0.3, -0.25) is 14.3 Å². The summed E-state index contributed by atoms with van der Waals surface area (Å²) in [5.74, 6) is -1.32. The van der Waals surface area contributed by atoms with Crippen molar-refractivity contribution in [3.05, 3.63) is 155 Å². The molecule has 47 heavy (non-hydrogen) atoms. The SMILES string of the molecule is C[C@@H](/C=C/CCn1cc(C(CO)c2ccccc2)nn1)[C@]1(O)C(=O)N(Cc2ccc(NC(=O)c3ccccc3)cc2)c2ccccc21. The molecular formula is C38H37N5O4. The molecule has 9 nitrogen and oxygen atoms in total. The fraction of sp³-hybridized carbons (Fsp3) is 0.211. The molecule has 0 saturated heterocycles. The van der Waals surface area contributed by atoms with Crippen molar-refractivity contribution in [1.29, 1.82) is 0 Å². The highest BCUT2D eigenvalue weighted by atomic mass is 16.3. The van der Waals surface area contributed by atoms with Crippen LogP contribution in [0, 0.1) is 5.92 Å². The van der Waals surface area contributed by atoms with E-state index in [1.807, 2.05) is 116 Å². The van der Waals surface area contributed by atoms with Gasteiger partial charge in [0, 0.05) is 35.5 Å². The Bertz CT molecular complexity index is 1860. The third kappa shape index (κ3) is 6.63. The van der Waals surface area contributed by atoms with Gasteiger partial charge in [-0.25, -0.2) is 0 Å². The van der Waals surface area contributed by atoms with Gasteiger partial charge in [-0.2, -0.15) is 0 Å². The fourth-order valence-corrected chi connectivity index (χ4v) is 6.01. The highest BCUT2D eigenvalue weighted by Crippen LogP contribution is 2.45. The second-order valence-electron chi connectivity index (χ2n) is 11.7. The van der Waals surface area contributed by atoms with Gasteiger partial charge in [0.25, 0.3) is 11.8 Å². The van der Waals surface area contributed by atoms with Crippen LogP contribution in [0.1, 0.15) is 52.0 Å². The Morgan fingerprint density at radius 2 is 1.62 bits per heavy atom. The maximum Gasteiger partial charge on any atom is 0.264 e. The van der Waals surface area contributed by atoms with Gasteiger partial charge in [0.1, 0.15) is 0 Å². The third-order valence-electron chi connectivity index (χ3n) is 8.67. The standard InChI is InChI=1S/C38H37N5O4/c1-27(12-10-11-23-42-25-34(40-41-42)32(26-44)29-13-4-2-5-14-29)38(47)33-17-8-9-18-35(33)43(37(38)46)24-28-19-21-31(22-20-28)39-36(45)30-15-6-3-7-16-30/h2-10,12-22,25,27,32,44,47H,11,23-24,26H2,1H3,(H,39,45)/b12-10+/t27-,32?,38+/m0/s1. The predicted octanol–water partition coefficient (Wildman–Crippen LogP) is 5.67. The van der Waals surface area contributed by atoms with E-state index in [0.717, 1.165) is 11.1 Å². The minimum atomic E-state index is -1.72. The molecule has 4 aromatic carbocycles. The fourth-order valence-electron chi connectivity index (χ4n) is 6.01. The van der Waals surface area contributed by atoms with Gasteiger partial charge >= 0.3 is 0 Å². The molecular weight excluding hydrogens is 590 g/mol. The smallest absolute Gasteiger partial charge is 0.264 e. The van der Waals surface area contributed by atoms with E-state index in [9.17, 15) is 19.8 Å². The Labute approximate surface area is 273 Å². The molecule has 3 atom stereocenters. The molecule has 1 aliphatic heterocycles. The largest absolute Gasteiger partial charge is 0.395 e. The topological polar surface area (TPSA) is 121 Å². The minimum Gasteiger partial charge on any atom is -0.395 e. The molecule has 0 bridgehead atoms. The van der Waals surface area contributed by atoms with Crippen molar-refractivity contribution in [3.63, 3.8) is 0 Å². The number of anilines is 2. The molecule has 6 rings (SSSR count). The van der Waals surface area contributed by atoms with Crippen LogP contribution < -0.4 is 10.2 Å². The van der Waals surface area contributed by atoms with Crippen LogP contribution in [-0.2, 0) is 23.5 Å². The van der Waals surface area contributed by atoms with Crippen LogP contribution >= 0.6 is 0 Å². The predicted molar refractivity (Wildman–Crippen MR) is 181 cm³/mol. The molecule has 1 aromatic heterocycles. The first-order valence-electron chi connectivity index (χ1n) is 15.7. The van der Waals surface area contributed by atoms with E-state index in [1.54, 1.807) is 27.8 Å². The number of aromatic nitrogens is 3. The summed E-state index contributed by atoms with van der Waals surface area (Å²) in [6.07, 6.45) is 6.29. The van der Waals surface area contributed by atoms with E-state index in [0.29, 0.717) is 41.2 Å². The van der Waals surface area contributed by atoms with Crippen LogP contribution in [0.4, 0.5) is 11.4 Å². The van der Waals surface area contributed by atoms with Crippen molar-refractivity contribution in [2.24, 2.45) is 5.92 Å². The van der Waals surface area contributed by atoms with Gasteiger partial charge < -0.3 is 20.4 Å². The molecule has 2 heterocycles. The van der Waals surface area contributed by atoms with Crippen molar-refractivity contribution in [1.82, 2.24) is 15.0 Å².